The third kappa shape index (κ3) is 6.64. The number of rotatable bonds is 10. The number of hydrogen-bond donors (Lipinski definition) is 4. The Labute approximate surface area is 245 Å². The first-order valence-corrected chi connectivity index (χ1v) is 13.9. The van der Waals surface area contributed by atoms with Crippen molar-refractivity contribution < 1.29 is 24.5 Å². The summed E-state index contributed by atoms with van der Waals surface area (Å²) in [4.78, 5) is 25.8. The van der Waals surface area contributed by atoms with Crippen LogP contribution in [0.3, 0.4) is 0 Å². The van der Waals surface area contributed by atoms with Crippen molar-refractivity contribution in [3.05, 3.63) is 51.4 Å². The van der Waals surface area contributed by atoms with Gasteiger partial charge >= 0.3 is 6.09 Å². The molecule has 0 spiro atoms. The van der Waals surface area contributed by atoms with E-state index >= 15 is 0 Å². The van der Waals surface area contributed by atoms with Crippen LogP contribution in [0.1, 0.15) is 32.0 Å². The molecular weight excluding hydrogens is 548 g/mol. The fraction of sp³-hybridized carbons (Fsp3) is 0.448. The van der Waals surface area contributed by atoms with E-state index in [1.807, 2.05) is 6.92 Å². The second-order valence-electron chi connectivity index (χ2n) is 10.2. The molecule has 3 heterocycles. The number of ether oxygens (including phenoxy) is 2. The van der Waals surface area contributed by atoms with Gasteiger partial charge in [-0.25, -0.2) is 14.8 Å². The minimum absolute atomic E-state index is 0.0231. The average Bonchev–Trinajstić information content (AvgIpc) is 3.49. The molecule has 41 heavy (non-hydrogen) atoms. The highest BCUT2D eigenvalue weighted by molar-refractivity contribution is 6.33. The standard InChI is InChI=1S/C29H37ClN6O5/c1-6-40-29(39)36-13-19-11-35(12-20(19)14-36)28-16(2)26(25(17(3)31)18(4)37)33-27(34-28)23-9-22(7-8-24(23)30)41-15-21(38)10-32-5/h7-9,21,31-32,37-38H,6,10-15H2,1-5H3/b25-18+,31-17?/t21-/m1/s1. The molecule has 12 heteroatoms. The summed E-state index contributed by atoms with van der Waals surface area (Å²) in [5.41, 5.74) is 4.43. The van der Waals surface area contributed by atoms with Gasteiger partial charge in [0.25, 0.3) is 0 Å². The van der Waals surface area contributed by atoms with Gasteiger partial charge in [-0.15, -0.1) is 0 Å². The number of nitrogens with one attached hydrogen (secondary N) is 2. The number of carbonyl (C=O) groups is 1. The summed E-state index contributed by atoms with van der Waals surface area (Å²) < 4.78 is 11.0. The lowest BCUT2D eigenvalue weighted by Crippen LogP contribution is -2.35. The highest BCUT2D eigenvalue weighted by atomic mass is 35.5. The molecule has 4 N–H and O–H groups in total. The number of allylic oxidation sites excluding steroid dienone is 2. The molecule has 0 saturated heterocycles. The van der Waals surface area contributed by atoms with Crippen molar-refractivity contribution in [3.8, 4) is 17.1 Å². The minimum atomic E-state index is -0.687. The highest BCUT2D eigenvalue weighted by Gasteiger charge is 2.34. The molecule has 0 fully saturated rings. The van der Waals surface area contributed by atoms with Gasteiger partial charge in [0.1, 0.15) is 30.0 Å². The second-order valence-corrected chi connectivity index (χ2v) is 10.6. The molecule has 4 rings (SSSR count). The van der Waals surface area contributed by atoms with Crippen molar-refractivity contribution in [2.45, 2.75) is 33.8 Å². The number of halogens is 1. The number of nitrogens with zero attached hydrogens (tertiary/aromatic N) is 4. The number of carbonyl (C=O) groups excluding carboxylic acids is 1. The number of aliphatic hydroxyl groups excluding tert-OH is 2. The van der Waals surface area contributed by atoms with Gasteiger partial charge in [0.15, 0.2) is 5.82 Å². The maximum Gasteiger partial charge on any atom is 0.410 e. The van der Waals surface area contributed by atoms with Crippen LogP contribution >= 0.6 is 11.6 Å². The molecule has 2 aliphatic heterocycles. The maximum atomic E-state index is 12.3. The maximum absolute atomic E-state index is 12.3. The van der Waals surface area contributed by atoms with Crippen LogP contribution in [0.25, 0.3) is 17.0 Å². The SMILES string of the molecule is CCOC(=O)N1CC2=C(C1)CN(c1nc(-c3cc(OC[C@H](O)CNC)ccc3Cl)nc(/C(C(C)=N)=C(\C)O)c1C)C2. The number of anilines is 1. The van der Waals surface area contributed by atoms with E-state index in [9.17, 15) is 15.0 Å². The number of aliphatic hydroxyl groups is 2. The Morgan fingerprint density at radius 3 is 2.46 bits per heavy atom. The first-order chi connectivity index (χ1) is 19.5. The van der Waals surface area contributed by atoms with Gasteiger partial charge in [0.2, 0.25) is 0 Å². The van der Waals surface area contributed by atoms with E-state index in [0.29, 0.717) is 84.1 Å². The molecule has 0 aliphatic carbocycles. The van der Waals surface area contributed by atoms with Gasteiger partial charge in [-0.1, -0.05) is 11.6 Å². The van der Waals surface area contributed by atoms with E-state index in [1.165, 1.54) is 6.92 Å². The Hall–Kier alpha value is -3.67. The van der Waals surface area contributed by atoms with Gasteiger partial charge < -0.3 is 40.2 Å². The van der Waals surface area contributed by atoms with E-state index in [-0.39, 0.29) is 24.2 Å². The van der Waals surface area contributed by atoms with E-state index in [4.69, 9.17) is 36.5 Å². The Morgan fingerprint density at radius 1 is 1.20 bits per heavy atom. The Morgan fingerprint density at radius 2 is 1.88 bits per heavy atom. The molecule has 1 amide bonds. The Kier molecular flexibility index (Phi) is 9.52. The Balaban J connectivity index is 1.72. The van der Waals surface area contributed by atoms with Crippen molar-refractivity contribution in [3.63, 3.8) is 0 Å². The Bertz CT molecular complexity index is 1390. The molecule has 0 unspecified atom stereocenters. The molecule has 220 valence electrons. The van der Waals surface area contributed by atoms with E-state index in [0.717, 1.165) is 11.1 Å². The monoisotopic (exact) mass is 584 g/mol. The van der Waals surface area contributed by atoms with Crippen LogP contribution in [0.5, 0.6) is 5.75 Å². The quantitative estimate of drug-likeness (QED) is 0.185. The molecular formula is C29H37ClN6O5. The largest absolute Gasteiger partial charge is 0.512 e. The zero-order valence-corrected chi connectivity index (χ0v) is 24.8. The lowest BCUT2D eigenvalue weighted by molar-refractivity contribution is 0.108. The molecule has 2 aliphatic rings. The van der Waals surface area contributed by atoms with Crippen LogP contribution in [-0.2, 0) is 4.74 Å². The molecule has 1 aromatic heterocycles. The predicted molar refractivity (Wildman–Crippen MR) is 159 cm³/mol. The number of amides is 1. The van der Waals surface area contributed by atoms with Crippen molar-refractivity contribution in [2.75, 3.05) is 57.9 Å². The number of likely N-dealkylation sites (N-methyl/N-ethyl adjacent to an activating group) is 1. The van der Waals surface area contributed by atoms with Crippen LogP contribution in [0, 0.1) is 12.3 Å². The van der Waals surface area contributed by atoms with Crippen LogP contribution in [0.2, 0.25) is 5.02 Å². The number of hydrogen-bond acceptors (Lipinski definition) is 10. The van der Waals surface area contributed by atoms with Crippen LogP contribution in [0.4, 0.5) is 10.6 Å². The number of aromatic nitrogens is 2. The average molecular weight is 585 g/mol. The first-order valence-electron chi connectivity index (χ1n) is 13.5. The predicted octanol–water partition coefficient (Wildman–Crippen LogP) is 3.98. The lowest BCUT2D eigenvalue weighted by atomic mass is 10.0. The van der Waals surface area contributed by atoms with Gasteiger partial charge in [-0.2, -0.15) is 0 Å². The normalized spacial score (nSPS) is 16.1. The molecule has 0 saturated carbocycles. The van der Waals surface area contributed by atoms with Crippen LogP contribution in [0.15, 0.2) is 35.1 Å². The first kappa shape index (κ1) is 30.3. The highest BCUT2D eigenvalue weighted by Crippen LogP contribution is 2.37. The second kappa shape index (κ2) is 12.9. The third-order valence-electron chi connectivity index (χ3n) is 7.01. The lowest BCUT2D eigenvalue weighted by Gasteiger charge is -2.26. The summed E-state index contributed by atoms with van der Waals surface area (Å²) in [6, 6.07) is 5.12. The van der Waals surface area contributed by atoms with Crippen LogP contribution in [-0.4, -0.2) is 96.0 Å². The van der Waals surface area contributed by atoms with Gasteiger partial charge in [0, 0.05) is 49.6 Å². The molecule has 2 aromatic rings. The van der Waals surface area contributed by atoms with Crippen molar-refractivity contribution >= 4 is 34.8 Å². The molecule has 0 radical (unpaired) electrons. The molecule has 1 aromatic carbocycles. The van der Waals surface area contributed by atoms with E-state index in [2.05, 4.69) is 10.2 Å². The topological polar surface area (TPSA) is 144 Å². The van der Waals surface area contributed by atoms with Crippen molar-refractivity contribution in [1.82, 2.24) is 20.2 Å². The van der Waals surface area contributed by atoms with Crippen molar-refractivity contribution in [1.29, 1.82) is 5.41 Å². The minimum Gasteiger partial charge on any atom is -0.512 e. The van der Waals surface area contributed by atoms with E-state index in [1.54, 1.807) is 44.0 Å². The number of benzene rings is 1. The fourth-order valence-electron chi connectivity index (χ4n) is 5.12. The summed E-state index contributed by atoms with van der Waals surface area (Å²) >= 11 is 6.63. The van der Waals surface area contributed by atoms with E-state index < -0.39 is 6.10 Å². The molecule has 0 bridgehead atoms. The summed E-state index contributed by atoms with van der Waals surface area (Å²) in [5, 5.41) is 32.2. The zero-order chi connectivity index (χ0) is 29.8. The smallest absolute Gasteiger partial charge is 0.410 e. The van der Waals surface area contributed by atoms with Crippen LogP contribution < -0.4 is 15.0 Å². The molecule has 1 atom stereocenters. The summed E-state index contributed by atoms with van der Waals surface area (Å²) in [6.45, 7) is 9.74. The summed E-state index contributed by atoms with van der Waals surface area (Å²) in [6.07, 6.45) is -1.01. The molecule has 11 nitrogen and oxygen atoms in total. The fourth-order valence-corrected chi connectivity index (χ4v) is 5.33. The van der Waals surface area contributed by atoms with Crippen molar-refractivity contribution in [2.24, 2.45) is 0 Å². The summed E-state index contributed by atoms with van der Waals surface area (Å²) in [7, 11) is 1.75. The summed E-state index contributed by atoms with van der Waals surface area (Å²) in [5.74, 6) is 1.43. The van der Waals surface area contributed by atoms with Gasteiger partial charge in [-0.3, -0.25) is 0 Å². The van der Waals surface area contributed by atoms with Gasteiger partial charge in [0.05, 0.1) is 22.9 Å². The zero-order valence-electron chi connectivity index (χ0n) is 24.0. The van der Waals surface area contributed by atoms with Gasteiger partial charge in [-0.05, 0) is 64.1 Å². The third-order valence-corrected chi connectivity index (χ3v) is 7.34.